The monoisotopic (exact) mass is 347 g/mol. The van der Waals surface area contributed by atoms with Gasteiger partial charge in [0.1, 0.15) is 5.60 Å². The Morgan fingerprint density at radius 3 is 2.74 bits per heavy atom. The van der Waals surface area contributed by atoms with E-state index in [4.69, 9.17) is 16.3 Å². The van der Waals surface area contributed by atoms with Crippen LogP contribution in [-0.4, -0.2) is 39.0 Å². The summed E-state index contributed by atoms with van der Waals surface area (Å²) in [6.45, 7) is 6.78. The summed E-state index contributed by atoms with van der Waals surface area (Å²) in [4.78, 5) is 21.6. The quantitative estimate of drug-likeness (QED) is 0.716. The second-order valence-corrected chi connectivity index (χ2v) is 7.04. The maximum atomic E-state index is 13.9. The fraction of sp³-hybridized carbons (Fsp3) is 0.667. The summed E-state index contributed by atoms with van der Waals surface area (Å²) in [7, 11) is 0. The highest BCUT2D eigenvalue weighted by atomic mass is 35.5. The van der Waals surface area contributed by atoms with Gasteiger partial charge >= 0.3 is 6.09 Å². The summed E-state index contributed by atoms with van der Waals surface area (Å²) < 4.78 is 33.1. The first-order valence-corrected chi connectivity index (χ1v) is 7.73. The van der Waals surface area contributed by atoms with Gasteiger partial charge in [-0.1, -0.05) is 0 Å². The summed E-state index contributed by atoms with van der Waals surface area (Å²) in [6.07, 6.45) is -0.0849. The maximum absolute atomic E-state index is 13.9. The molecule has 8 heteroatoms. The molecule has 2 heterocycles. The number of rotatable bonds is 1. The van der Waals surface area contributed by atoms with E-state index < -0.39 is 36.5 Å². The van der Waals surface area contributed by atoms with Crippen LogP contribution < -0.4 is 0 Å². The van der Waals surface area contributed by atoms with Crippen molar-refractivity contribution in [2.45, 2.75) is 58.1 Å². The number of aryl methyl sites for hydroxylation is 1. The minimum Gasteiger partial charge on any atom is -0.444 e. The van der Waals surface area contributed by atoms with E-state index in [1.807, 2.05) is 0 Å². The third-order valence-corrected chi connectivity index (χ3v) is 3.69. The van der Waals surface area contributed by atoms with Gasteiger partial charge in [-0.05, 0) is 44.9 Å². The van der Waals surface area contributed by atoms with Crippen LogP contribution in [0.25, 0.3) is 0 Å². The number of carbonyl (C=O) groups excluding carboxylic acids is 1. The number of nitrogens with zero attached hydrogens (tertiary/aromatic N) is 3. The molecular weight excluding hydrogens is 328 g/mol. The average Bonchev–Trinajstić information content (AvgIpc) is 2.38. The van der Waals surface area contributed by atoms with Crippen molar-refractivity contribution in [2.75, 3.05) is 6.54 Å². The van der Waals surface area contributed by atoms with Crippen LogP contribution in [0.3, 0.4) is 0 Å². The number of hydrogen-bond acceptors (Lipinski definition) is 4. The molecule has 1 fully saturated rings. The second kappa shape index (κ2) is 6.19. The summed E-state index contributed by atoms with van der Waals surface area (Å²) in [6, 6.07) is -0.894. The topological polar surface area (TPSA) is 55.3 Å². The van der Waals surface area contributed by atoms with Crippen molar-refractivity contribution in [3.63, 3.8) is 0 Å². The van der Waals surface area contributed by atoms with Crippen molar-refractivity contribution in [1.29, 1.82) is 0 Å². The first kappa shape index (κ1) is 17.8. The van der Waals surface area contributed by atoms with Crippen LogP contribution in [0.5, 0.6) is 0 Å². The van der Waals surface area contributed by atoms with Crippen LogP contribution >= 0.6 is 11.6 Å². The van der Waals surface area contributed by atoms with Crippen molar-refractivity contribution < 1.29 is 18.3 Å². The van der Waals surface area contributed by atoms with Gasteiger partial charge in [0.25, 0.3) is 5.92 Å². The minimum atomic E-state index is -2.87. The van der Waals surface area contributed by atoms with Gasteiger partial charge in [0.05, 0.1) is 11.7 Å². The van der Waals surface area contributed by atoms with Gasteiger partial charge < -0.3 is 4.74 Å². The highest BCUT2D eigenvalue weighted by Crippen LogP contribution is 2.40. The van der Waals surface area contributed by atoms with E-state index in [2.05, 4.69) is 9.97 Å². The molecule has 1 unspecified atom stereocenters. The molecule has 1 aliphatic rings. The van der Waals surface area contributed by atoms with Crippen LogP contribution in [0.15, 0.2) is 6.20 Å². The van der Waals surface area contributed by atoms with E-state index in [0.29, 0.717) is 11.3 Å². The van der Waals surface area contributed by atoms with Gasteiger partial charge in [-0.2, -0.15) is 0 Å². The van der Waals surface area contributed by atoms with Crippen LogP contribution in [0, 0.1) is 6.92 Å². The Labute approximate surface area is 139 Å². The van der Waals surface area contributed by atoms with Crippen molar-refractivity contribution in [3.05, 3.63) is 22.7 Å². The van der Waals surface area contributed by atoms with Crippen molar-refractivity contribution in [2.24, 2.45) is 0 Å². The maximum Gasteiger partial charge on any atom is 0.410 e. The molecule has 1 atom stereocenters. The first-order chi connectivity index (χ1) is 10.5. The molecule has 1 aromatic heterocycles. The van der Waals surface area contributed by atoms with Gasteiger partial charge in [0.2, 0.25) is 5.28 Å². The lowest BCUT2D eigenvalue weighted by molar-refractivity contribution is -0.0817. The van der Waals surface area contributed by atoms with Crippen molar-refractivity contribution >= 4 is 17.7 Å². The molecule has 0 saturated carbocycles. The van der Waals surface area contributed by atoms with Crippen LogP contribution in [0.2, 0.25) is 5.28 Å². The largest absolute Gasteiger partial charge is 0.444 e. The number of amides is 1. The zero-order valence-corrected chi connectivity index (χ0v) is 14.3. The number of hydrogen-bond donors (Lipinski definition) is 0. The highest BCUT2D eigenvalue weighted by molar-refractivity contribution is 6.28. The summed E-state index contributed by atoms with van der Waals surface area (Å²) in [5.41, 5.74) is 0.223. The second-order valence-electron chi connectivity index (χ2n) is 6.71. The van der Waals surface area contributed by atoms with Gasteiger partial charge in [-0.25, -0.2) is 23.5 Å². The molecule has 0 N–H and O–H groups in total. The molecular formula is C15H20ClF2N3O2. The summed E-state index contributed by atoms with van der Waals surface area (Å²) >= 11 is 5.80. The molecule has 2 rings (SSSR count). The van der Waals surface area contributed by atoms with E-state index in [1.165, 1.54) is 11.1 Å². The molecule has 0 aromatic carbocycles. The van der Waals surface area contributed by atoms with Gasteiger partial charge in [0.15, 0.2) is 0 Å². The third-order valence-electron chi connectivity index (χ3n) is 3.51. The lowest BCUT2D eigenvalue weighted by Gasteiger charge is -2.39. The van der Waals surface area contributed by atoms with E-state index in [0.717, 1.165) is 0 Å². The standard InChI is InChI=1S/C15H20ClF2N3O2/c1-9-8-19-12(16)20-11(9)10-7-15(17,18)5-6-21(10)13(22)23-14(2,3)4/h8,10H,5-7H2,1-4H3. The van der Waals surface area contributed by atoms with Crippen LogP contribution in [0.4, 0.5) is 13.6 Å². The van der Waals surface area contributed by atoms with Gasteiger partial charge in [0, 0.05) is 25.6 Å². The van der Waals surface area contributed by atoms with Crippen LogP contribution in [0.1, 0.15) is 50.9 Å². The number of halogens is 3. The first-order valence-electron chi connectivity index (χ1n) is 7.35. The van der Waals surface area contributed by atoms with Gasteiger partial charge in [-0.3, -0.25) is 4.90 Å². The number of likely N-dealkylation sites (tertiary alicyclic amines) is 1. The van der Waals surface area contributed by atoms with Crippen molar-refractivity contribution in [3.8, 4) is 0 Å². The predicted octanol–water partition coefficient (Wildman–Crippen LogP) is 4.15. The van der Waals surface area contributed by atoms with Crippen molar-refractivity contribution in [1.82, 2.24) is 14.9 Å². The molecule has 1 saturated heterocycles. The lowest BCUT2D eigenvalue weighted by Crippen LogP contribution is -2.47. The molecule has 0 aliphatic carbocycles. The molecule has 1 aromatic rings. The zero-order valence-electron chi connectivity index (χ0n) is 13.6. The molecule has 1 aliphatic heterocycles. The number of piperidine rings is 1. The van der Waals surface area contributed by atoms with Crippen LogP contribution in [-0.2, 0) is 4.74 Å². The lowest BCUT2D eigenvalue weighted by atomic mass is 9.94. The number of aromatic nitrogens is 2. The fourth-order valence-electron chi connectivity index (χ4n) is 2.49. The molecule has 23 heavy (non-hydrogen) atoms. The third kappa shape index (κ3) is 4.50. The van der Waals surface area contributed by atoms with E-state index >= 15 is 0 Å². The Bertz CT molecular complexity index is 605. The number of carbonyl (C=O) groups is 1. The molecule has 0 radical (unpaired) electrons. The number of alkyl halides is 2. The minimum absolute atomic E-state index is 0.0383. The Balaban J connectivity index is 2.36. The zero-order chi connectivity index (χ0) is 17.4. The molecule has 128 valence electrons. The molecule has 5 nitrogen and oxygen atoms in total. The molecule has 0 spiro atoms. The smallest absolute Gasteiger partial charge is 0.410 e. The summed E-state index contributed by atoms with van der Waals surface area (Å²) in [5.74, 6) is -2.87. The SMILES string of the molecule is Cc1cnc(Cl)nc1C1CC(F)(F)CCN1C(=O)OC(C)(C)C. The Kier molecular flexibility index (Phi) is 4.80. The fourth-order valence-corrected chi connectivity index (χ4v) is 2.63. The molecule has 0 bridgehead atoms. The average molecular weight is 348 g/mol. The van der Waals surface area contributed by atoms with E-state index in [9.17, 15) is 13.6 Å². The Morgan fingerprint density at radius 1 is 1.48 bits per heavy atom. The van der Waals surface area contributed by atoms with E-state index in [-0.39, 0.29) is 11.8 Å². The summed E-state index contributed by atoms with van der Waals surface area (Å²) in [5, 5.41) is -0.0383. The Morgan fingerprint density at radius 2 is 2.13 bits per heavy atom. The van der Waals surface area contributed by atoms with Gasteiger partial charge in [-0.15, -0.1) is 0 Å². The Hall–Kier alpha value is -1.50. The normalized spacial score (nSPS) is 21.2. The molecule has 1 amide bonds. The van der Waals surface area contributed by atoms with E-state index in [1.54, 1.807) is 27.7 Å². The number of ether oxygens (including phenoxy) is 1. The highest BCUT2D eigenvalue weighted by Gasteiger charge is 2.45. The predicted molar refractivity (Wildman–Crippen MR) is 81.6 cm³/mol.